The summed E-state index contributed by atoms with van der Waals surface area (Å²) in [4.78, 5) is 0. The highest BCUT2D eigenvalue weighted by molar-refractivity contribution is 7.97. The zero-order chi connectivity index (χ0) is 8.39. The van der Waals surface area contributed by atoms with Crippen LogP contribution in [0.5, 0.6) is 0 Å². The molecule has 0 saturated heterocycles. The quantitative estimate of drug-likeness (QED) is 0.558. The molecule has 0 aromatic heterocycles. The van der Waals surface area contributed by atoms with Gasteiger partial charge in [-0.05, 0) is 12.1 Å². The third kappa shape index (κ3) is 1.24. The fourth-order valence-corrected chi connectivity index (χ4v) is 1.20. The van der Waals surface area contributed by atoms with Gasteiger partial charge in [0.1, 0.15) is 0 Å². The maximum atomic E-state index is 4.15. The molecule has 2 N–H and O–H groups in total. The first-order valence-corrected chi connectivity index (χ1v) is 3.95. The average Bonchev–Trinajstić information content (AvgIpc) is 2.53. The molecular weight excluding hydrogens is 172 g/mol. The number of para-hydroxylation sites is 1. The highest BCUT2D eigenvalue weighted by Crippen LogP contribution is 2.13. The van der Waals surface area contributed by atoms with Gasteiger partial charge in [-0.25, -0.2) is 10.5 Å². The van der Waals surface area contributed by atoms with Gasteiger partial charge in [-0.1, -0.05) is 18.2 Å². The minimum atomic E-state index is 0.598. The number of hydrazone groups is 1. The lowest BCUT2D eigenvalue weighted by molar-refractivity contribution is 0.623. The minimum absolute atomic E-state index is 0.598. The van der Waals surface area contributed by atoms with Gasteiger partial charge in [0.15, 0.2) is 0 Å². The van der Waals surface area contributed by atoms with Crippen molar-refractivity contribution in [3.8, 4) is 0 Å². The summed E-state index contributed by atoms with van der Waals surface area (Å²) in [5.41, 5.74) is 6.43. The molecule has 5 heteroatoms. The Labute approximate surface area is 75.6 Å². The highest BCUT2D eigenvalue weighted by atomic mass is 32.1. The standard InChI is InChI=1S/C7H8N4S/c12-7-8-9-10-11(7)6-4-2-1-3-5-6/h1-5,9-10H,(H,8,12). The Hall–Kier alpha value is -1.20. The third-order valence-electron chi connectivity index (χ3n) is 1.53. The van der Waals surface area contributed by atoms with Gasteiger partial charge < -0.3 is 0 Å². The van der Waals surface area contributed by atoms with Crippen LogP contribution in [0.3, 0.4) is 0 Å². The molecule has 0 unspecified atom stereocenters. The number of amidine groups is 1. The smallest absolute Gasteiger partial charge is 0.201 e. The fraction of sp³-hybridized carbons (Fsp3) is 0. The molecule has 0 radical (unpaired) electrons. The topological polar surface area (TPSA) is 39.7 Å². The summed E-state index contributed by atoms with van der Waals surface area (Å²) in [7, 11) is 0. The SMILES string of the molecule is SC1=NNNN1c1ccccc1. The number of rotatable bonds is 1. The Morgan fingerprint density at radius 2 is 2.00 bits per heavy atom. The van der Waals surface area contributed by atoms with E-state index in [1.54, 1.807) is 5.01 Å². The van der Waals surface area contributed by atoms with Crippen molar-refractivity contribution in [2.45, 2.75) is 0 Å². The largest absolute Gasteiger partial charge is 0.234 e. The summed E-state index contributed by atoms with van der Waals surface area (Å²) in [6.07, 6.45) is 0. The Morgan fingerprint density at radius 3 is 2.58 bits per heavy atom. The average molecular weight is 180 g/mol. The molecule has 4 nitrogen and oxygen atoms in total. The van der Waals surface area contributed by atoms with Crippen LogP contribution in [0.1, 0.15) is 0 Å². The van der Waals surface area contributed by atoms with Crippen LogP contribution in [0.25, 0.3) is 0 Å². The van der Waals surface area contributed by atoms with Crippen LogP contribution in [-0.2, 0) is 0 Å². The van der Waals surface area contributed by atoms with Crippen molar-refractivity contribution in [2.24, 2.45) is 5.10 Å². The van der Waals surface area contributed by atoms with Gasteiger partial charge in [0.2, 0.25) is 5.17 Å². The predicted molar refractivity (Wildman–Crippen MR) is 51.6 cm³/mol. The van der Waals surface area contributed by atoms with Crippen LogP contribution in [0.2, 0.25) is 0 Å². The second-order valence-electron chi connectivity index (χ2n) is 2.31. The molecule has 1 aliphatic rings. The van der Waals surface area contributed by atoms with Crippen molar-refractivity contribution in [1.29, 1.82) is 0 Å². The number of anilines is 1. The molecule has 62 valence electrons. The third-order valence-corrected chi connectivity index (χ3v) is 1.83. The first kappa shape index (κ1) is 7.45. The van der Waals surface area contributed by atoms with E-state index in [0.29, 0.717) is 5.17 Å². The summed E-state index contributed by atoms with van der Waals surface area (Å²) in [6, 6.07) is 9.80. The lowest BCUT2D eigenvalue weighted by Gasteiger charge is -2.15. The van der Waals surface area contributed by atoms with Gasteiger partial charge in [0.25, 0.3) is 0 Å². The van der Waals surface area contributed by atoms with Gasteiger partial charge in [0.05, 0.1) is 5.69 Å². The van der Waals surface area contributed by atoms with Crippen molar-refractivity contribution < 1.29 is 0 Å². The molecule has 1 heterocycles. The first-order chi connectivity index (χ1) is 5.88. The van der Waals surface area contributed by atoms with E-state index in [2.05, 4.69) is 28.8 Å². The number of hydrogen-bond acceptors (Lipinski definition) is 4. The zero-order valence-electron chi connectivity index (χ0n) is 6.23. The molecule has 2 rings (SSSR count). The van der Waals surface area contributed by atoms with Crippen LogP contribution in [0, 0.1) is 0 Å². The Balaban J connectivity index is 2.27. The second-order valence-corrected chi connectivity index (χ2v) is 2.71. The Kier molecular flexibility index (Phi) is 1.89. The molecule has 0 aliphatic carbocycles. The number of benzene rings is 1. The summed E-state index contributed by atoms with van der Waals surface area (Å²) in [5.74, 6) is 0. The van der Waals surface area contributed by atoms with Gasteiger partial charge >= 0.3 is 0 Å². The van der Waals surface area contributed by atoms with E-state index in [4.69, 9.17) is 0 Å². The summed E-state index contributed by atoms with van der Waals surface area (Å²) < 4.78 is 0. The number of hydrazine groups is 2. The molecule has 0 atom stereocenters. The van der Waals surface area contributed by atoms with Gasteiger partial charge in [0, 0.05) is 0 Å². The molecule has 12 heavy (non-hydrogen) atoms. The van der Waals surface area contributed by atoms with Crippen LogP contribution in [0.15, 0.2) is 35.4 Å². The fourth-order valence-electron chi connectivity index (χ4n) is 0.982. The van der Waals surface area contributed by atoms with E-state index < -0.39 is 0 Å². The van der Waals surface area contributed by atoms with Crippen LogP contribution >= 0.6 is 12.6 Å². The van der Waals surface area contributed by atoms with Gasteiger partial charge in [-0.2, -0.15) is 0 Å². The van der Waals surface area contributed by atoms with E-state index in [1.165, 1.54) is 0 Å². The van der Waals surface area contributed by atoms with E-state index in [9.17, 15) is 0 Å². The number of thiol groups is 1. The van der Waals surface area contributed by atoms with Crippen LogP contribution in [-0.4, -0.2) is 5.17 Å². The van der Waals surface area contributed by atoms with E-state index >= 15 is 0 Å². The summed E-state index contributed by atoms with van der Waals surface area (Å²) >= 11 is 4.15. The molecule has 1 aliphatic heterocycles. The number of hydrogen-bond donors (Lipinski definition) is 3. The van der Waals surface area contributed by atoms with Crippen molar-refractivity contribution >= 4 is 23.5 Å². The minimum Gasteiger partial charge on any atom is -0.234 e. The predicted octanol–water partition coefficient (Wildman–Crippen LogP) is 0.717. The van der Waals surface area contributed by atoms with Crippen molar-refractivity contribution in [2.75, 3.05) is 5.01 Å². The summed E-state index contributed by atoms with van der Waals surface area (Å²) in [5, 5.41) is 6.18. The summed E-state index contributed by atoms with van der Waals surface area (Å²) in [6.45, 7) is 0. The maximum absolute atomic E-state index is 4.15. The maximum Gasteiger partial charge on any atom is 0.201 e. The molecule has 0 bridgehead atoms. The van der Waals surface area contributed by atoms with Crippen LogP contribution in [0.4, 0.5) is 5.69 Å². The van der Waals surface area contributed by atoms with E-state index in [0.717, 1.165) is 5.69 Å². The Morgan fingerprint density at radius 1 is 1.25 bits per heavy atom. The molecule has 0 fully saturated rings. The molecule has 0 amide bonds. The Bertz CT molecular complexity index is 298. The highest BCUT2D eigenvalue weighted by Gasteiger charge is 2.13. The van der Waals surface area contributed by atoms with Gasteiger partial charge in [-0.3, -0.25) is 0 Å². The molecule has 1 aromatic rings. The van der Waals surface area contributed by atoms with E-state index in [1.807, 2.05) is 30.3 Å². The monoisotopic (exact) mass is 180 g/mol. The van der Waals surface area contributed by atoms with Crippen LogP contribution < -0.4 is 16.1 Å². The molecule has 1 aromatic carbocycles. The first-order valence-electron chi connectivity index (χ1n) is 3.50. The van der Waals surface area contributed by atoms with Gasteiger partial charge in [-0.15, -0.1) is 23.3 Å². The number of nitrogens with one attached hydrogen (secondary N) is 2. The lowest BCUT2D eigenvalue weighted by atomic mass is 10.3. The number of nitrogens with zero attached hydrogens (tertiary/aromatic N) is 2. The van der Waals surface area contributed by atoms with Crippen molar-refractivity contribution in [3.63, 3.8) is 0 Å². The van der Waals surface area contributed by atoms with Crippen molar-refractivity contribution in [1.82, 2.24) is 11.1 Å². The zero-order valence-corrected chi connectivity index (χ0v) is 7.12. The lowest BCUT2D eigenvalue weighted by Crippen LogP contribution is -2.39. The molecule has 0 saturated carbocycles. The second kappa shape index (κ2) is 3.04. The molecule has 0 spiro atoms. The molecular formula is C7H8N4S. The normalized spacial score (nSPS) is 15.8. The van der Waals surface area contributed by atoms with Crippen molar-refractivity contribution in [3.05, 3.63) is 30.3 Å². The van der Waals surface area contributed by atoms with E-state index in [-0.39, 0.29) is 0 Å².